The summed E-state index contributed by atoms with van der Waals surface area (Å²) in [6.07, 6.45) is 1.22. The van der Waals surface area contributed by atoms with E-state index in [1.54, 1.807) is 0 Å². The van der Waals surface area contributed by atoms with Crippen molar-refractivity contribution in [2.24, 2.45) is 5.92 Å². The zero-order chi connectivity index (χ0) is 13.1. The first kappa shape index (κ1) is 13.9. The molecule has 3 heteroatoms. The number of aryl methyl sites for hydroxylation is 1. The van der Waals surface area contributed by atoms with Gasteiger partial charge in [-0.25, -0.2) is 0 Å². The van der Waals surface area contributed by atoms with Gasteiger partial charge >= 0.3 is 0 Å². The molecule has 2 atom stereocenters. The molecule has 1 aromatic rings. The fourth-order valence-electron chi connectivity index (χ4n) is 2.69. The quantitative estimate of drug-likeness (QED) is 0.905. The van der Waals surface area contributed by atoms with Gasteiger partial charge in [0.1, 0.15) is 0 Å². The molecule has 0 spiro atoms. The van der Waals surface area contributed by atoms with Crippen LogP contribution in [-0.4, -0.2) is 31.1 Å². The highest BCUT2D eigenvalue weighted by molar-refractivity contribution is 6.31. The van der Waals surface area contributed by atoms with Gasteiger partial charge in [-0.1, -0.05) is 30.7 Å². The predicted octanol–water partition coefficient (Wildman–Crippen LogP) is 3.08. The Labute approximate surface area is 115 Å². The van der Waals surface area contributed by atoms with Crippen LogP contribution in [0, 0.1) is 12.8 Å². The van der Waals surface area contributed by atoms with Gasteiger partial charge in [-0.3, -0.25) is 0 Å². The minimum atomic E-state index is 0.610. The monoisotopic (exact) mass is 266 g/mol. The Hall–Kier alpha value is -0.570. The number of nitrogens with one attached hydrogen (secondary N) is 1. The molecule has 1 N–H and O–H groups in total. The summed E-state index contributed by atoms with van der Waals surface area (Å²) in [5.74, 6) is 0.702. The molecule has 1 aliphatic rings. The average Bonchev–Trinajstić information content (AvgIpc) is 2.30. The minimum Gasteiger partial charge on any atom is -0.310 e. The van der Waals surface area contributed by atoms with E-state index in [1.807, 2.05) is 6.07 Å². The highest BCUT2D eigenvalue weighted by atomic mass is 35.5. The first-order chi connectivity index (χ1) is 8.56. The Kier molecular flexibility index (Phi) is 4.66. The zero-order valence-electron chi connectivity index (χ0n) is 11.5. The van der Waals surface area contributed by atoms with E-state index >= 15 is 0 Å². The molecule has 1 aliphatic heterocycles. The van der Waals surface area contributed by atoms with Crippen molar-refractivity contribution in [2.45, 2.75) is 32.9 Å². The van der Waals surface area contributed by atoms with Crippen LogP contribution < -0.4 is 5.32 Å². The summed E-state index contributed by atoms with van der Waals surface area (Å²) in [7, 11) is 2.20. The molecule has 18 heavy (non-hydrogen) atoms. The van der Waals surface area contributed by atoms with E-state index in [0.29, 0.717) is 12.0 Å². The molecule has 2 unspecified atom stereocenters. The van der Waals surface area contributed by atoms with Gasteiger partial charge < -0.3 is 10.2 Å². The normalized spacial score (nSPS) is 25.3. The second-order valence-corrected chi connectivity index (χ2v) is 6.02. The Balaban J connectivity index is 1.91. The Morgan fingerprint density at radius 1 is 1.44 bits per heavy atom. The van der Waals surface area contributed by atoms with Crippen molar-refractivity contribution >= 4 is 11.6 Å². The molecule has 0 aliphatic carbocycles. The van der Waals surface area contributed by atoms with Gasteiger partial charge in [0.15, 0.2) is 0 Å². The van der Waals surface area contributed by atoms with Crippen LogP contribution in [0.5, 0.6) is 0 Å². The third-order valence-corrected chi connectivity index (χ3v) is 4.22. The van der Waals surface area contributed by atoms with Gasteiger partial charge in [0.2, 0.25) is 0 Å². The summed E-state index contributed by atoms with van der Waals surface area (Å²) >= 11 is 6.26. The van der Waals surface area contributed by atoms with Crippen molar-refractivity contribution in [1.82, 2.24) is 10.2 Å². The molecular weight excluding hydrogens is 244 g/mol. The van der Waals surface area contributed by atoms with E-state index in [4.69, 9.17) is 11.6 Å². The topological polar surface area (TPSA) is 15.3 Å². The zero-order valence-corrected chi connectivity index (χ0v) is 12.3. The summed E-state index contributed by atoms with van der Waals surface area (Å²) in [4.78, 5) is 2.40. The lowest BCUT2D eigenvalue weighted by Crippen LogP contribution is -2.46. The van der Waals surface area contributed by atoms with Crippen LogP contribution in [0.4, 0.5) is 0 Å². The lowest BCUT2D eigenvalue weighted by Gasteiger charge is -2.35. The van der Waals surface area contributed by atoms with Gasteiger partial charge in [0.25, 0.3) is 0 Å². The maximum atomic E-state index is 6.26. The molecule has 2 rings (SSSR count). The number of likely N-dealkylation sites (tertiary alicyclic amines) is 1. The van der Waals surface area contributed by atoms with Crippen LogP contribution >= 0.6 is 11.6 Å². The molecule has 0 bridgehead atoms. The van der Waals surface area contributed by atoms with Crippen molar-refractivity contribution in [3.05, 3.63) is 34.3 Å². The molecule has 0 radical (unpaired) electrons. The maximum Gasteiger partial charge on any atom is 0.0453 e. The predicted molar refractivity (Wildman–Crippen MR) is 78.1 cm³/mol. The van der Waals surface area contributed by atoms with E-state index in [-0.39, 0.29) is 0 Å². The lowest BCUT2D eigenvalue weighted by atomic mass is 9.94. The van der Waals surface area contributed by atoms with E-state index in [2.05, 4.69) is 43.2 Å². The van der Waals surface area contributed by atoms with E-state index in [1.165, 1.54) is 30.6 Å². The fourth-order valence-corrected chi connectivity index (χ4v) is 3.00. The molecule has 1 heterocycles. The summed E-state index contributed by atoms with van der Waals surface area (Å²) in [5.41, 5.74) is 2.42. The molecule has 0 amide bonds. The van der Waals surface area contributed by atoms with Crippen molar-refractivity contribution in [3.8, 4) is 0 Å². The number of hydrogen-bond acceptors (Lipinski definition) is 2. The summed E-state index contributed by atoms with van der Waals surface area (Å²) < 4.78 is 0. The average molecular weight is 267 g/mol. The van der Waals surface area contributed by atoms with Gasteiger partial charge in [0.05, 0.1) is 0 Å². The number of hydrogen-bond donors (Lipinski definition) is 1. The smallest absolute Gasteiger partial charge is 0.0453 e. The van der Waals surface area contributed by atoms with Crippen LogP contribution in [0.2, 0.25) is 5.02 Å². The summed E-state index contributed by atoms with van der Waals surface area (Å²) in [6.45, 7) is 7.63. The maximum absolute atomic E-state index is 6.26. The standard InChI is InChI=1S/C15H23ClN2/c1-11-4-5-13(14(16)8-11)9-17-15-6-7-18(3)10-12(15)2/h4-5,8,12,15,17H,6-7,9-10H2,1-3H3. The second-order valence-electron chi connectivity index (χ2n) is 5.61. The third kappa shape index (κ3) is 3.47. The Morgan fingerprint density at radius 2 is 2.22 bits per heavy atom. The van der Waals surface area contributed by atoms with Crippen molar-refractivity contribution in [1.29, 1.82) is 0 Å². The van der Waals surface area contributed by atoms with Crippen LogP contribution in [-0.2, 0) is 6.54 Å². The van der Waals surface area contributed by atoms with Gasteiger partial charge in [-0.05, 0) is 50.0 Å². The van der Waals surface area contributed by atoms with Crippen molar-refractivity contribution in [3.63, 3.8) is 0 Å². The number of nitrogens with zero attached hydrogens (tertiary/aromatic N) is 1. The third-order valence-electron chi connectivity index (χ3n) is 3.87. The van der Waals surface area contributed by atoms with Gasteiger partial charge in [-0.2, -0.15) is 0 Å². The van der Waals surface area contributed by atoms with Gasteiger partial charge in [-0.15, -0.1) is 0 Å². The Morgan fingerprint density at radius 3 is 2.89 bits per heavy atom. The van der Waals surface area contributed by atoms with E-state index < -0.39 is 0 Å². The first-order valence-corrected chi connectivity index (χ1v) is 7.11. The SMILES string of the molecule is Cc1ccc(CNC2CCN(C)CC2C)c(Cl)c1. The second kappa shape index (κ2) is 6.05. The van der Waals surface area contributed by atoms with Gasteiger partial charge in [0, 0.05) is 24.2 Å². The number of rotatable bonds is 3. The largest absolute Gasteiger partial charge is 0.310 e. The molecule has 0 saturated carbocycles. The highest BCUT2D eigenvalue weighted by Crippen LogP contribution is 2.20. The molecule has 1 saturated heterocycles. The molecule has 0 aromatic heterocycles. The summed E-state index contributed by atoms with van der Waals surface area (Å²) in [5, 5.41) is 4.54. The molecule has 1 fully saturated rings. The fraction of sp³-hybridized carbons (Fsp3) is 0.600. The van der Waals surface area contributed by atoms with Crippen molar-refractivity contribution in [2.75, 3.05) is 20.1 Å². The van der Waals surface area contributed by atoms with Crippen LogP contribution in [0.25, 0.3) is 0 Å². The highest BCUT2D eigenvalue weighted by Gasteiger charge is 2.23. The molecular formula is C15H23ClN2. The summed E-state index contributed by atoms with van der Waals surface area (Å²) in [6, 6.07) is 6.90. The van der Waals surface area contributed by atoms with E-state index in [0.717, 1.165) is 11.6 Å². The minimum absolute atomic E-state index is 0.610. The first-order valence-electron chi connectivity index (χ1n) is 6.73. The number of halogens is 1. The van der Waals surface area contributed by atoms with Crippen LogP contribution in [0.1, 0.15) is 24.5 Å². The molecule has 1 aromatic carbocycles. The molecule has 100 valence electrons. The lowest BCUT2D eigenvalue weighted by molar-refractivity contribution is 0.174. The molecule has 2 nitrogen and oxygen atoms in total. The van der Waals surface area contributed by atoms with Crippen LogP contribution in [0.15, 0.2) is 18.2 Å². The van der Waals surface area contributed by atoms with Crippen LogP contribution in [0.3, 0.4) is 0 Å². The number of piperidine rings is 1. The Bertz CT molecular complexity index is 405. The van der Waals surface area contributed by atoms with Crippen molar-refractivity contribution < 1.29 is 0 Å². The number of benzene rings is 1. The van der Waals surface area contributed by atoms with E-state index in [9.17, 15) is 0 Å².